The number of nitrogens with one attached hydrogen (secondary N) is 1. The molecule has 7 heteroatoms. The van der Waals surface area contributed by atoms with E-state index in [1.807, 2.05) is 40.1 Å². The molecule has 2 saturated heterocycles. The lowest BCUT2D eigenvalue weighted by molar-refractivity contribution is -0.136. The highest BCUT2D eigenvalue weighted by Crippen LogP contribution is 2.22. The lowest BCUT2D eigenvalue weighted by Gasteiger charge is -2.38. The third-order valence-corrected chi connectivity index (χ3v) is 6.11. The number of likely N-dealkylation sites (tertiary alicyclic amines) is 2. The molecule has 2 aliphatic rings. The number of benzene rings is 1. The predicted molar refractivity (Wildman–Crippen MR) is 115 cm³/mol. The summed E-state index contributed by atoms with van der Waals surface area (Å²) < 4.78 is 6.09. The molecule has 1 unspecified atom stereocenters. The van der Waals surface area contributed by atoms with Gasteiger partial charge < -0.3 is 26.0 Å². The molecule has 0 spiro atoms. The Morgan fingerprint density at radius 2 is 1.86 bits per heavy atom. The van der Waals surface area contributed by atoms with Crippen LogP contribution < -0.4 is 11.5 Å². The fraction of sp³-hybridized carbons (Fsp3) is 0.636. The lowest BCUT2D eigenvalue weighted by Crippen LogP contribution is -2.51. The van der Waals surface area contributed by atoms with Crippen LogP contribution in [0.5, 0.6) is 0 Å². The molecule has 0 radical (unpaired) electrons. The first-order valence-electron chi connectivity index (χ1n) is 10.8. The van der Waals surface area contributed by atoms with Crippen LogP contribution in [0.4, 0.5) is 0 Å². The number of guanidine groups is 1. The van der Waals surface area contributed by atoms with Gasteiger partial charge in [0.1, 0.15) is 0 Å². The zero-order valence-corrected chi connectivity index (χ0v) is 17.3. The smallest absolute Gasteiger partial charge is 0.240 e. The predicted octanol–water partition coefficient (Wildman–Crippen LogP) is 1.70. The van der Waals surface area contributed by atoms with Gasteiger partial charge in [0, 0.05) is 32.3 Å². The number of piperidine rings is 2. The van der Waals surface area contributed by atoms with Crippen molar-refractivity contribution in [3.8, 4) is 0 Å². The van der Waals surface area contributed by atoms with E-state index in [0.29, 0.717) is 13.0 Å². The van der Waals surface area contributed by atoms with Crippen molar-refractivity contribution in [2.24, 2.45) is 11.5 Å². The van der Waals surface area contributed by atoms with Gasteiger partial charge in [0.05, 0.1) is 12.1 Å². The van der Waals surface area contributed by atoms with Crippen molar-refractivity contribution in [3.05, 3.63) is 35.9 Å². The molecule has 2 heterocycles. The Morgan fingerprint density at radius 3 is 2.55 bits per heavy atom. The van der Waals surface area contributed by atoms with Crippen molar-refractivity contribution in [3.63, 3.8) is 0 Å². The summed E-state index contributed by atoms with van der Waals surface area (Å²) in [4.78, 5) is 16.9. The highest BCUT2D eigenvalue weighted by Gasteiger charge is 2.30. The van der Waals surface area contributed by atoms with Crippen LogP contribution in [-0.2, 0) is 16.0 Å². The van der Waals surface area contributed by atoms with Crippen LogP contribution in [0, 0.1) is 5.41 Å². The van der Waals surface area contributed by atoms with Crippen molar-refractivity contribution < 1.29 is 9.53 Å². The number of hydrogen-bond acceptors (Lipinski definition) is 4. The minimum absolute atomic E-state index is 0.0633. The minimum atomic E-state index is -0.491. The Balaban J connectivity index is 1.45. The van der Waals surface area contributed by atoms with E-state index < -0.39 is 6.04 Å². The summed E-state index contributed by atoms with van der Waals surface area (Å²) in [6.45, 7) is 3.01. The standard InChI is InChI=1S/C22H35N5O2/c23-20(16-17-6-2-1-3-7-17)21(28)27-12-5-4-8-18(27)11-15-29-19-9-13-26(14-10-19)22(24)25/h1-3,6-7,18-20H,4-5,8-16,23H2,(H3,24,25)/t18?,20-/m1/s1. The number of carbonyl (C=O) groups is 1. The fourth-order valence-electron chi connectivity index (χ4n) is 4.39. The maximum absolute atomic E-state index is 13.0. The van der Waals surface area contributed by atoms with Crippen LogP contribution in [0.1, 0.15) is 44.1 Å². The van der Waals surface area contributed by atoms with Gasteiger partial charge in [-0.2, -0.15) is 0 Å². The number of ether oxygens (including phenoxy) is 1. The van der Waals surface area contributed by atoms with Gasteiger partial charge in [0.15, 0.2) is 5.96 Å². The first-order chi connectivity index (χ1) is 14.0. The van der Waals surface area contributed by atoms with Crippen LogP contribution in [0.3, 0.4) is 0 Å². The zero-order chi connectivity index (χ0) is 20.6. The van der Waals surface area contributed by atoms with E-state index in [1.54, 1.807) is 0 Å². The highest BCUT2D eigenvalue weighted by molar-refractivity contribution is 5.82. The molecule has 5 N–H and O–H groups in total. The molecule has 2 aliphatic heterocycles. The molecule has 0 saturated carbocycles. The molecule has 3 rings (SSSR count). The second kappa shape index (κ2) is 10.6. The number of carbonyl (C=O) groups excluding carboxylic acids is 1. The molecular weight excluding hydrogens is 366 g/mol. The summed E-state index contributed by atoms with van der Waals surface area (Å²) in [5, 5.41) is 7.51. The fourth-order valence-corrected chi connectivity index (χ4v) is 4.39. The molecule has 1 aromatic carbocycles. The molecule has 160 valence electrons. The van der Waals surface area contributed by atoms with Crippen LogP contribution in [0.25, 0.3) is 0 Å². The maximum atomic E-state index is 13.0. The molecule has 1 amide bonds. The molecule has 2 atom stereocenters. The molecule has 29 heavy (non-hydrogen) atoms. The lowest BCUT2D eigenvalue weighted by atomic mass is 9.97. The minimum Gasteiger partial charge on any atom is -0.378 e. The largest absolute Gasteiger partial charge is 0.378 e. The Labute approximate surface area is 173 Å². The van der Waals surface area contributed by atoms with Crippen LogP contribution in [0.15, 0.2) is 30.3 Å². The molecule has 2 fully saturated rings. The maximum Gasteiger partial charge on any atom is 0.240 e. The van der Waals surface area contributed by atoms with E-state index in [4.69, 9.17) is 21.6 Å². The van der Waals surface area contributed by atoms with Crippen molar-refractivity contribution in [2.45, 2.75) is 63.1 Å². The monoisotopic (exact) mass is 401 g/mol. The number of nitrogens with two attached hydrogens (primary N) is 2. The Bertz CT molecular complexity index is 660. The van der Waals surface area contributed by atoms with Crippen LogP contribution >= 0.6 is 0 Å². The molecule has 0 aliphatic carbocycles. The average Bonchev–Trinajstić information content (AvgIpc) is 2.74. The Hall–Kier alpha value is -2.12. The van der Waals surface area contributed by atoms with E-state index >= 15 is 0 Å². The normalized spacial score (nSPS) is 21.8. The third-order valence-electron chi connectivity index (χ3n) is 6.11. The quantitative estimate of drug-likeness (QED) is 0.476. The molecular formula is C22H35N5O2. The second-order valence-electron chi connectivity index (χ2n) is 8.21. The first-order valence-corrected chi connectivity index (χ1v) is 10.8. The number of amides is 1. The first kappa shape index (κ1) is 21.6. The topological polar surface area (TPSA) is 109 Å². The van der Waals surface area contributed by atoms with Crippen molar-refractivity contribution in [1.29, 1.82) is 5.41 Å². The second-order valence-corrected chi connectivity index (χ2v) is 8.21. The van der Waals surface area contributed by atoms with Gasteiger partial charge in [0.25, 0.3) is 0 Å². The summed E-state index contributed by atoms with van der Waals surface area (Å²) >= 11 is 0. The van der Waals surface area contributed by atoms with Gasteiger partial charge >= 0.3 is 0 Å². The van der Waals surface area contributed by atoms with E-state index in [0.717, 1.165) is 63.7 Å². The number of nitrogens with zero attached hydrogens (tertiary/aromatic N) is 2. The summed E-state index contributed by atoms with van der Waals surface area (Å²) in [6.07, 6.45) is 6.67. The summed E-state index contributed by atoms with van der Waals surface area (Å²) in [6, 6.07) is 9.70. The van der Waals surface area contributed by atoms with E-state index in [1.165, 1.54) is 0 Å². The van der Waals surface area contributed by atoms with Gasteiger partial charge in [-0.1, -0.05) is 30.3 Å². The van der Waals surface area contributed by atoms with Crippen molar-refractivity contribution >= 4 is 11.9 Å². The molecule has 1 aromatic rings. The molecule has 0 bridgehead atoms. The number of hydrogen-bond donors (Lipinski definition) is 3. The molecule has 7 nitrogen and oxygen atoms in total. The van der Waals surface area contributed by atoms with Gasteiger partial charge in [-0.05, 0) is 50.5 Å². The third kappa shape index (κ3) is 6.18. The molecule has 0 aromatic heterocycles. The summed E-state index contributed by atoms with van der Waals surface area (Å²) in [5.74, 6) is 0.208. The van der Waals surface area contributed by atoms with Crippen LogP contribution in [0.2, 0.25) is 0 Å². The van der Waals surface area contributed by atoms with Crippen molar-refractivity contribution in [1.82, 2.24) is 9.80 Å². The summed E-state index contributed by atoms with van der Waals surface area (Å²) in [5.41, 5.74) is 12.9. The van der Waals surface area contributed by atoms with E-state index in [9.17, 15) is 4.79 Å². The summed E-state index contributed by atoms with van der Waals surface area (Å²) in [7, 11) is 0. The van der Waals surface area contributed by atoms with Crippen molar-refractivity contribution in [2.75, 3.05) is 26.2 Å². The van der Waals surface area contributed by atoms with Gasteiger partial charge in [0.2, 0.25) is 5.91 Å². The van der Waals surface area contributed by atoms with Crippen LogP contribution in [-0.4, -0.2) is 66.1 Å². The number of rotatable bonds is 7. The highest BCUT2D eigenvalue weighted by atomic mass is 16.5. The van der Waals surface area contributed by atoms with Gasteiger partial charge in [-0.3, -0.25) is 10.2 Å². The van der Waals surface area contributed by atoms with E-state index in [2.05, 4.69) is 0 Å². The van der Waals surface area contributed by atoms with Gasteiger partial charge in [-0.15, -0.1) is 0 Å². The Kier molecular flexibility index (Phi) is 7.89. The SMILES string of the molecule is N=C(N)N1CCC(OCCC2CCCCN2C(=O)[C@H](N)Cc2ccccc2)CC1. The van der Waals surface area contributed by atoms with Gasteiger partial charge in [-0.25, -0.2) is 0 Å². The average molecular weight is 402 g/mol. The Morgan fingerprint density at radius 1 is 1.14 bits per heavy atom. The zero-order valence-electron chi connectivity index (χ0n) is 17.3. The van der Waals surface area contributed by atoms with E-state index in [-0.39, 0.29) is 24.0 Å².